The predicted octanol–water partition coefficient (Wildman–Crippen LogP) is 3.98. The Hall–Kier alpha value is -3.20. The van der Waals surface area contributed by atoms with Crippen LogP contribution in [0.3, 0.4) is 0 Å². The number of morpholine rings is 1. The summed E-state index contributed by atoms with van der Waals surface area (Å²) in [4.78, 5) is 15.0. The predicted molar refractivity (Wildman–Crippen MR) is 131 cm³/mol. The zero-order chi connectivity index (χ0) is 22.5. The van der Waals surface area contributed by atoms with E-state index in [0.29, 0.717) is 11.7 Å². The monoisotopic (exact) mass is 459 g/mol. The lowest BCUT2D eigenvalue weighted by molar-refractivity contribution is -0.113. The third-order valence-corrected chi connectivity index (χ3v) is 6.48. The number of ether oxygens (including phenoxy) is 1. The summed E-state index contributed by atoms with van der Waals surface area (Å²) in [5.74, 6) is 1.03. The van der Waals surface area contributed by atoms with Gasteiger partial charge in [0, 0.05) is 24.5 Å². The molecular formula is C25H25N5O2S. The molecule has 3 aromatic carbocycles. The van der Waals surface area contributed by atoms with Crippen LogP contribution in [-0.4, -0.2) is 57.6 Å². The number of hydrogen-bond acceptors (Lipinski definition) is 6. The molecular weight excluding hydrogens is 434 g/mol. The number of benzene rings is 3. The molecule has 1 aromatic heterocycles. The molecule has 0 unspecified atom stereocenters. The van der Waals surface area contributed by atoms with E-state index in [9.17, 15) is 4.79 Å². The van der Waals surface area contributed by atoms with Gasteiger partial charge < -0.3 is 10.1 Å². The van der Waals surface area contributed by atoms with Crippen LogP contribution in [0.2, 0.25) is 0 Å². The van der Waals surface area contributed by atoms with E-state index in [1.165, 1.54) is 11.8 Å². The molecule has 0 radical (unpaired) electrons. The number of carbonyl (C=O) groups is 1. The van der Waals surface area contributed by atoms with Gasteiger partial charge in [0.25, 0.3) is 0 Å². The fourth-order valence-corrected chi connectivity index (χ4v) is 4.66. The van der Waals surface area contributed by atoms with Crippen LogP contribution in [0.25, 0.3) is 16.5 Å². The van der Waals surface area contributed by atoms with Gasteiger partial charge in [-0.2, -0.15) is 0 Å². The number of nitrogens with one attached hydrogen (secondary N) is 1. The molecule has 1 saturated heterocycles. The molecule has 1 N–H and O–H groups in total. The molecule has 0 aliphatic carbocycles. The molecule has 0 atom stereocenters. The maximum Gasteiger partial charge on any atom is 0.234 e. The second kappa shape index (κ2) is 10.2. The lowest BCUT2D eigenvalue weighted by atomic mass is 10.1. The van der Waals surface area contributed by atoms with Gasteiger partial charge in [0.05, 0.1) is 25.5 Å². The van der Waals surface area contributed by atoms with Crippen molar-refractivity contribution in [3.05, 3.63) is 78.6 Å². The van der Waals surface area contributed by atoms with Gasteiger partial charge in [-0.25, -0.2) is 0 Å². The molecule has 1 amide bonds. The zero-order valence-corrected chi connectivity index (χ0v) is 19.0. The average Bonchev–Trinajstić information content (AvgIpc) is 3.26. The molecule has 168 valence electrons. The van der Waals surface area contributed by atoms with E-state index in [1.807, 2.05) is 71.3 Å². The number of rotatable bonds is 7. The van der Waals surface area contributed by atoms with Gasteiger partial charge in [0.1, 0.15) is 0 Å². The molecule has 2 heterocycles. The van der Waals surface area contributed by atoms with Crippen LogP contribution in [0, 0.1) is 0 Å². The summed E-state index contributed by atoms with van der Waals surface area (Å²) in [6.07, 6.45) is 0. The number of hydrogen-bond donors (Lipinski definition) is 1. The number of thioether (sulfide) groups is 1. The van der Waals surface area contributed by atoms with Crippen molar-refractivity contribution in [1.29, 1.82) is 0 Å². The summed E-state index contributed by atoms with van der Waals surface area (Å²) >= 11 is 1.39. The maximum absolute atomic E-state index is 12.7. The highest BCUT2D eigenvalue weighted by Crippen LogP contribution is 2.24. The van der Waals surface area contributed by atoms with Crippen LogP contribution >= 0.6 is 11.8 Å². The van der Waals surface area contributed by atoms with Gasteiger partial charge in [0.15, 0.2) is 11.0 Å². The Morgan fingerprint density at radius 1 is 0.939 bits per heavy atom. The fourth-order valence-electron chi connectivity index (χ4n) is 3.89. The van der Waals surface area contributed by atoms with Crippen molar-refractivity contribution >= 4 is 34.1 Å². The summed E-state index contributed by atoms with van der Waals surface area (Å²) in [5.41, 5.74) is 1.78. The first-order chi connectivity index (χ1) is 16.3. The Labute approximate surface area is 196 Å². The van der Waals surface area contributed by atoms with Crippen LogP contribution in [0.1, 0.15) is 5.82 Å². The number of anilines is 1. The van der Waals surface area contributed by atoms with Crippen LogP contribution < -0.4 is 5.32 Å². The van der Waals surface area contributed by atoms with Crippen molar-refractivity contribution < 1.29 is 9.53 Å². The molecule has 1 aliphatic heterocycles. The summed E-state index contributed by atoms with van der Waals surface area (Å²) in [6, 6.07) is 24.1. The van der Waals surface area contributed by atoms with E-state index in [0.717, 1.165) is 54.3 Å². The van der Waals surface area contributed by atoms with E-state index >= 15 is 0 Å². The molecule has 1 fully saturated rings. The number of aromatic nitrogens is 3. The summed E-state index contributed by atoms with van der Waals surface area (Å²) in [5, 5.41) is 14.8. The maximum atomic E-state index is 12.7. The molecule has 0 spiro atoms. The molecule has 0 bridgehead atoms. The van der Waals surface area contributed by atoms with E-state index in [4.69, 9.17) is 4.74 Å². The second-order valence-corrected chi connectivity index (χ2v) is 8.80. The summed E-state index contributed by atoms with van der Waals surface area (Å²) in [7, 11) is 0. The van der Waals surface area contributed by atoms with Crippen molar-refractivity contribution in [2.24, 2.45) is 0 Å². The Kier molecular flexibility index (Phi) is 6.66. The van der Waals surface area contributed by atoms with Crippen molar-refractivity contribution in [2.45, 2.75) is 11.7 Å². The fraction of sp³-hybridized carbons (Fsp3) is 0.240. The van der Waals surface area contributed by atoms with Crippen LogP contribution in [0.4, 0.5) is 5.69 Å². The van der Waals surface area contributed by atoms with Gasteiger partial charge >= 0.3 is 0 Å². The van der Waals surface area contributed by atoms with E-state index in [-0.39, 0.29) is 11.7 Å². The third kappa shape index (κ3) is 5.24. The number of carbonyl (C=O) groups excluding carboxylic acids is 1. The van der Waals surface area contributed by atoms with Crippen LogP contribution in [0.15, 0.2) is 78.0 Å². The SMILES string of the molecule is O=C(CSc1nnc(CN2CCOCC2)n1-c1ccccc1)Nc1ccc2ccccc2c1. The highest BCUT2D eigenvalue weighted by atomic mass is 32.2. The topological polar surface area (TPSA) is 72.3 Å². The zero-order valence-electron chi connectivity index (χ0n) is 18.2. The lowest BCUT2D eigenvalue weighted by Crippen LogP contribution is -2.36. The van der Waals surface area contributed by atoms with Crippen LogP contribution in [-0.2, 0) is 16.1 Å². The Balaban J connectivity index is 1.30. The smallest absolute Gasteiger partial charge is 0.234 e. The van der Waals surface area contributed by atoms with Gasteiger partial charge in [-0.05, 0) is 35.0 Å². The number of para-hydroxylation sites is 1. The first kappa shape index (κ1) is 21.6. The molecule has 5 rings (SSSR count). The normalized spacial score (nSPS) is 14.4. The Bertz CT molecular complexity index is 1240. The molecule has 1 aliphatic rings. The summed E-state index contributed by atoms with van der Waals surface area (Å²) in [6.45, 7) is 3.90. The molecule has 4 aromatic rings. The Morgan fingerprint density at radius 3 is 2.52 bits per heavy atom. The molecule has 7 nitrogen and oxygen atoms in total. The lowest BCUT2D eigenvalue weighted by Gasteiger charge is -2.26. The quantitative estimate of drug-likeness (QED) is 0.422. The van der Waals surface area contributed by atoms with Crippen molar-refractivity contribution in [2.75, 3.05) is 37.4 Å². The number of nitrogens with zero attached hydrogens (tertiary/aromatic N) is 4. The van der Waals surface area contributed by atoms with Gasteiger partial charge in [0.2, 0.25) is 5.91 Å². The first-order valence-electron chi connectivity index (χ1n) is 11.0. The van der Waals surface area contributed by atoms with Crippen molar-refractivity contribution in [1.82, 2.24) is 19.7 Å². The number of fused-ring (bicyclic) bond motifs is 1. The largest absolute Gasteiger partial charge is 0.379 e. The van der Waals surface area contributed by atoms with Crippen molar-refractivity contribution in [3.63, 3.8) is 0 Å². The minimum absolute atomic E-state index is 0.0763. The van der Waals surface area contributed by atoms with Gasteiger partial charge in [-0.3, -0.25) is 14.3 Å². The minimum Gasteiger partial charge on any atom is -0.379 e. The van der Waals surface area contributed by atoms with E-state index in [2.05, 4.69) is 26.5 Å². The Morgan fingerprint density at radius 2 is 1.70 bits per heavy atom. The van der Waals surface area contributed by atoms with E-state index in [1.54, 1.807) is 0 Å². The third-order valence-electron chi connectivity index (χ3n) is 5.55. The van der Waals surface area contributed by atoms with Gasteiger partial charge in [-0.1, -0.05) is 60.3 Å². The van der Waals surface area contributed by atoms with Crippen LogP contribution in [0.5, 0.6) is 0 Å². The number of amides is 1. The standard InChI is InChI=1S/C25H25N5O2S/c31-24(26-21-11-10-19-6-4-5-7-20(19)16-21)18-33-25-28-27-23(17-29-12-14-32-15-13-29)30(25)22-8-2-1-3-9-22/h1-11,16H,12-15,17-18H2,(H,26,31). The highest BCUT2D eigenvalue weighted by Gasteiger charge is 2.19. The van der Waals surface area contributed by atoms with Crippen molar-refractivity contribution in [3.8, 4) is 5.69 Å². The minimum atomic E-state index is -0.0763. The highest BCUT2D eigenvalue weighted by molar-refractivity contribution is 7.99. The molecule has 8 heteroatoms. The molecule has 33 heavy (non-hydrogen) atoms. The first-order valence-corrected chi connectivity index (χ1v) is 12.0. The second-order valence-electron chi connectivity index (χ2n) is 7.86. The summed E-state index contributed by atoms with van der Waals surface area (Å²) < 4.78 is 7.51. The van der Waals surface area contributed by atoms with E-state index < -0.39 is 0 Å². The average molecular weight is 460 g/mol. The van der Waals surface area contributed by atoms with Gasteiger partial charge in [-0.15, -0.1) is 10.2 Å². The molecule has 0 saturated carbocycles.